The average molecular weight is 256 g/mol. The molecule has 0 spiro atoms. The number of rotatable bonds is 3. The van der Waals surface area contributed by atoms with Crippen molar-refractivity contribution in [2.24, 2.45) is 5.92 Å². The van der Waals surface area contributed by atoms with Gasteiger partial charge in [0.2, 0.25) is 0 Å². The first-order valence-electron chi connectivity index (χ1n) is 7.10. The van der Waals surface area contributed by atoms with Crippen LogP contribution < -0.4 is 5.32 Å². The second-order valence-electron chi connectivity index (χ2n) is 5.37. The first kappa shape index (κ1) is 12.4. The van der Waals surface area contributed by atoms with Gasteiger partial charge < -0.3 is 10.4 Å². The molecule has 1 aromatic carbocycles. The van der Waals surface area contributed by atoms with E-state index in [4.69, 9.17) is 0 Å². The summed E-state index contributed by atoms with van der Waals surface area (Å²) in [6.07, 6.45) is 4.71. The minimum absolute atomic E-state index is 0.269. The number of benzene rings is 1. The molecule has 0 saturated heterocycles. The van der Waals surface area contributed by atoms with E-state index in [1.54, 1.807) is 0 Å². The first-order chi connectivity index (χ1) is 9.36. The van der Waals surface area contributed by atoms with Crippen LogP contribution >= 0.6 is 0 Å². The topological polar surface area (TPSA) is 45.1 Å². The second-order valence-corrected chi connectivity index (χ2v) is 5.37. The molecule has 3 rings (SSSR count). The number of anilines is 1. The Kier molecular flexibility index (Phi) is 3.65. The van der Waals surface area contributed by atoms with Gasteiger partial charge in [0.15, 0.2) is 0 Å². The highest BCUT2D eigenvalue weighted by atomic mass is 16.3. The van der Waals surface area contributed by atoms with Crippen molar-refractivity contribution in [1.82, 2.24) is 4.98 Å². The highest BCUT2D eigenvalue weighted by molar-refractivity contribution is 5.80. The van der Waals surface area contributed by atoms with Gasteiger partial charge >= 0.3 is 0 Å². The zero-order valence-corrected chi connectivity index (χ0v) is 11.0. The number of pyridine rings is 1. The number of fused-ring (bicyclic) bond motifs is 1. The molecule has 2 atom stereocenters. The maximum absolute atomic E-state index is 9.45. The van der Waals surface area contributed by atoms with E-state index in [2.05, 4.69) is 22.4 Å². The van der Waals surface area contributed by atoms with E-state index in [1.165, 1.54) is 12.8 Å². The van der Waals surface area contributed by atoms with E-state index in [-0.39, 0.29) is 6.61 Å². The number of hydrogen-bond acceptors (Lipinski definition) is 3. The van der Waals surface area contributed by atoms with Gasteiger partial charge in [0, 0.05) is 24.0 Å². The molecule has 0 aliphatic heterocycles. The molecular formula is C16H20N2O. The molecule has 2 unspecified atom stereocenters. The number of hydrogen-bond donors (Lipinski definition) is 2. The van der Waals surface area contributed by atoms with E-state index >= 15 is 0 Å². The summed E-state index contributed by atoms with van der Waals surface area (Å²) in [6, 6.07) is 12.6. The lowest BCUT2D eigenvalue weighted by Crippen LogP contribution is -2.34. The predicted octanol–water partition coefficient (Wildman–Crippen LogP) is 3.20. The Labute approximate surface area is 113 Å². The molecule has 0 bridgehead atoms. The molecule has 3 nitrogen and oxygen atoms in total. The van der Waals surface area contributed by atoms with Crippen molar-refractivity contribution in [3.8, 4) is 0 Å². The fourth-order valence-corrected chi connectivity index (χ4v) is 2.95. The van der Waals surface area contributed by atoms with Crippen molar-refractivity contribution in [2.45, 2.75) is 31.7 Å². The average Bonchev–Trinajstić information content (AvgIpc) is 2.48. The van der Waals surface area contributed by atoms with E-state index in [0.717, 1.165) is 29.6 Å². The van der Waals surface area contributed by atoms with Crippen LogP contribution in [0.3, 0.4) is 0 Å². The SMILES string of the molecule is OCC1CCCCC1Nc1ccc2ccccc2n1. The molecule has 2 aromatic rings. The maximum Gasteiger partial charge on any atom is 0.126 e. The highest BCUT2D eigenvalue weighted by Gasteiger charge is 2.24. The van der Waals surface area contributed by atoms with Gasteiger partial charge in [-0.1, -0.05) is 31.0 Å². The Bertz CT molecular complexity index is 555. The van der Waals surface area contributed by atoms with Crippen LogP contribution in [0.4, 0.5) is 5.82 Å². The third-order valence-corrected chi connectivity index (χ3v) is 4.08. The first-order valence-corrected chi connectivity index (χ1v) is 7.10. The van der Waals surface area contributed by atoms with Crippen LogP contribution in [0.5, 0.6) is 0 Å². The molecule has 1 aromatic heterocycles. The number of para-hydroxylation sites is 1. The summed E-state index contributed by atoms with van der Waals surface area (Å²) in [6.45, 7) is 0.269. The second kappa shape index (κ2) is 5.57. The van der Waals surface area contributed by atoms with Crippen LogP contribution in [-0.4, -0.2) is 22.7 Å². The van der Waals surface area contributed by atoms with Crippen molar-refractivity contribution < 1.29 is 5.11 Å². The van der Waals surface area contributed by atoms with E-state index in [9.17, 15) is 5.11 Å². The van der Waals surface area contributed by atoms with Gasteiger partial charge in [-0.25, -0.2) is 4.98 Å². The molecule has 1 saturated carbocycles. The van der Waals surface area contributed by atoms with Crippen molar-refractivity contribution in [2.75, 3.05) is 11.9 Å². The summed E-state index contributed by atoms with van der Waals surface area (Å²) >= 11 is 0. The fourth-order valence-electron chi connectivity index (χ4n) is 2.95. The van der Waals surface area contributed by atoms with Gasteiger partial charge in [-0.2, -0.15) is 0 Å². The standard InChI is InChI=1S/C16H20N2O/c19-11-13-6-2-4-8-15(13)18-16-10-9-12-5-1-3-7-14(12)17-16/h1,3,5,7,9-10,13,15,19H,2,4,6,8,11H2,(H,17,18). The largest absolute Gasteiger partial charge is 0.396 e. The van der Waals surface area contributed by atoms with Crippen LogP contribution in [0.15, 0.2) is 36.4 Å². The molecule has 1 fully saturated rings. The molecule has 2 N–H and O–H groups in total. The Hall–Kier alpha value is -1.61. The fraction of sp³-hybridized carbons (Fsp3) is 0.438. The quantitative estimate of drug-likeness (QED) is 0.886. The summed E-state index contributed by atoms with van der Waals surface area (Å²) in [4.78, 5) is 4.65. The number of aliphatic hydroxyl groups is 1. The lowest BCUT2D eigenvalue weighted by molar-refractivity contribution is 0.178. The van der Waals surface area contributed by atoms with Crippen molar-refractivity contribution in [3.05, 3.63) is 36.4 Å². The number of nitrogens with one attached hydrogen (secondary N) is 1. The van der Waals surface area contributed by atoms with E-state index in [1.807, 2.05) is 24.3 Å². The lowest BCUT2D eigenvalue weighted by atomic mass is 9.85. The number of nitrogens with zero attached hydrogens (tertiary/aromatic N) is 1. The van der Waals surface area contributed by atoms with Gasteiger partial charge in [0.05, 0.1) is 5.52 Å². The van der Waals surface area contributed by atoms with Gasteiger partial charge in [0.25, 0.3) is 0 Å². The molecule has 3 heteroatoms. The Balaban J connectivity index is 1.80. The lowest BCUT2D eigenvalue weighted by Gasteiger charge is -2.31. The Morgan fingerprint density at radius 1 is 1.11 bits per heavy atom. The smallest absolute Gasteiger partial charge is 0.126 e. The van der Waals surface area contributed by atoms with Crippen molar-refractivity contribution in [3.63, 3.8) is 0 Å². The van der Waals surface area contributed by atoms with Crippen LogP contribution in [0.2, 0.25) is 0 Å². The highest BCUT2D eigenvalue weighted by Crippen LogP contribution is 2.27. The summed E-state index contributed by atoms with van der Waals surface area (Å²) in [5.74, 6) is 1.28. The number of aromatic nitrogens is 1. The summed E-state index contributed by atoms with van der Waals surface area (Å²) in [5.41, 5.74) is 1.02. The van der Waals surface area contributed by atoms with Gasteiger partial charge in [-0.05, 0) is 31.0 Å². The molecule has 19 heavy (non-hydrogen) atoms. The third-order valence-electron chi connectivity index (χ3n) is 4.08. The van der Waals surface area contributed by atoms with Gasteiger partial charge in [0.1, 0.15) is 5.82 Å². The zero-order chi connectivity index (χ0) is 13.1. The van der Waals surface area contributed by atoms with Crippen LogP contribution in [0, 0.1) is 5.92 Å². The van der Waals surface area contributed by atoms with Crippen molar-refractivity contribution in [1.29, 1.82) is 0 Å². The van der Waals surface area contributed by atoms with Crippen LogP contribution in [-0.2, 0) is 0 Å². The molecule has 1 aliphatic carbocycles. The van der Waals surface area contributed by atoms with Crippen molar-refractivity contribution >= 4 is 16.7 Å². The minimum Gasteiger partial charge on any atom is -0.396 e. The molecule has 100 valence electrons. The summed E-state index contributed by atoms with van der Waals surface area (Å²) in [7, 11) is 0. The van der Waals surface area contributed by atoms with Crippen LogP contribution in [0.1, 0.15) is 25.7 Å². The Morgan fingerprint density at radius 3 is 2.84 bits per heavy atom. The number of aliphatic hydroxyl groups excluding tert-OH is 1. The van der Waals surface area contributed by atoms with Gasteiger partial charge in [-0.15, -0.1) is 0 Å². The predicted molar refractivity (Wildman–Crippen MR) is 78.2 cm³/mol. The monoisotopic (exact) mass is 256 g/mol. The van der Waals surface area contributed by atoms with E-state index < -0.39 is 0 Å². The molecule has 1 aliphatic rings. The van der Waals surface area contributed by atoms with Crippen LogP contribution in [0.25, 0.3) is 10.9 Å². The molecule has 1 heterocycles. The van der Waals surface area contributed by atoms with Gasteiger partial charge in [-0.3, -0.25) is 0 Å². The maximum atomic E-state index is 9.45. The summed E-state index contributed by atoms with van der Waals surface area (Å²) in [5, 5.41) is 14.1. The zero-order valence-electron chi connectivity index (χ0n) is 11.0. The molecular weight excluding hydrogens is 236 g/mol. The minimum atomic E-state index is 0.269. The van der Waals surface area contributed by atoms with E-state index in [0.29, 0.717) is 12.0 Å². The molecule has 0 radical (unpaired) electrons. The third kappa shape index (κ3) is 2.71. The molecule has 0 amide bonds. The summed E-state index contributed by atoms with van der Waals surface area (Å²) < 4.78 is 0. The normalized spacial score (nSPS) is 23.4. The Morgan fingerprint density at radius 2 is 1.95 bits per heavy atom.